The Labute approximate surface area is 272 Å². The van der Waals surface area contributed by atoms with Gasteiger partial charge in [0, 0.05) is 62.4 Å². The van der Waals surface area contributed by atoms with E-state index in [1.807, 2.05) is 30.3 Å². The number of hydrogen-bond donors (Lipinski definition) is 1. The van der Waals surface area contributed by atoms with E-state index in [9.17, 15) is 18.4 Å². The van der Waals surface area contributed by atoms with Crippen LogP contribution in [0.1, 0.15) is 89.7 Å². The van der Waals surface area contributed by atoms with Crippen molar-refractivity contribution < 1.29 is 27.8 Å². The summed E-state index contributed by atoms with van der Waals surface area (Å²) >= 11 is 0. The zero-order valence-corrected chi connectivity index (χ0v) is 27.7. The zero-order chi connectivity index (χ0) is 31.0. The summed E-state index contributed by atoms with van der Waals surface area (Å²) in [6.07, 6.45) is 5.89. The number of fused-ring (bicyclic) bond motifs is 2. The van der Waals surface area contributed by atoms with Gasteiger partial charge in [0.2, 0.25) is 11.8 Å². The molecule has 1 N–H and O–H groups in total. The predicted octanol–water partition coefficient (Wildman–Crippen LogP) is 6.01. The van der Waals surface area contributed by atoms with Gasteiger partial charge in [-0.2, -0.15) is 0 Å². The summed E-state index contributed by atoms with van der Waals surface area (Å²) in [5.74, 6) is -3.10. The highest BCUT2D eigenvalue weighted by atomic mass is 35.5. The Hall–Kier alpha value is -2.01. The average Bonchev–Trinajstić information content (AvgIpc) is 3.42. The highest BCUT2D eigenvalue weighted by Crippen LogP contribution is 2.47. The molecule has 3 amide bonds. The molecule has 252 valence electrons. The molecule has 1 spiro atoms. The predicted molar refractivity (Wildman–Crippen MR) is 170 cm³/mol. The minimum Gasteiger partial charge on any atom is -0.355 e. The SMILES string of the molecule is CCN1C(=O)N(CC2(CC)COCOC2)CC12CC1CCC(C2)N1CC[C@H](NC(=O)C1CCC(F)(F)CC1)c1ccccc1.Cl. The molecule has 2 unspecified atom stereocenters. The van der Waals surface area contributed by atoms with Crippen LogP contribution < -0.4 is 5.32 Å². The number of rotatable bonds is 10. The molecule has 3 atom stereocenters. The zero-order valence-electron chi connectivity index (χ0n) is 26.9. The van der Waals surface area contributed by atoms with Crippen molar-refractivity contribution in [3.05, 3.63) is 35.9 Å². The van der Waals surface area contributed by atoms with Gasteiger partial charge in [-0.25, -0.2) is 13.6 Å². The third-order valence-electron chi connectivity index (χ3n) is 11.4. The molecular formula is C34H51ClF2N4O4. The first kappa shape index (κ1) is 34.3. The average molecular weight is 653 g/mol. The summed E-state index contributed by atoms with van der Waals surface area (Å²) in [4.78, 5) is 33.9. The van der Waals surface area contributed by atoms with Gasteiger partial charge in [-0.15, -0.1) is 12.4 Å². The van der Waals surface area contributed by atoms with Gasteiger partial charge in [0.25, 0.3) is 0 Å². The monoisotopic (exact) mass is 652 g/mol. The van der Waals surface area contributed by atoms with Gasteiger partial charge in [-0.3, -0.25) is 9.69 Å². The highest BCUT2D eigenvalue weighted by molar-refractivity contribution is 5.85. The molecule has 1 aromatic rings. The van der Waals surface area contributed by atoms with Crippen molar-refractivity contribution in [1.29, 1.82) is 0 Å². The van der Waals surface area contributed by atoms with Gasteiger partial charge in [-0.05, 0) is 63.9 Å². The quantitative estimate of drug-likeness (QED) is 0.336. The Balaban J connectivity index is 0.00000400. The van der Waals surface area contributed by atoms with Crippen LogP contribution in [0.25, 0.3) is 0 Å². The van der Waals surface area contributed by atoms with E-state index in [2.05, 4.69) is 33.9 Å². The number of benzene rings is 1. The number of carbonyl (C=O) groups excluding carboxylic acids is 2. The van der Waals surface area contributed by atoms with Crippen molar-refractivity contribution in [3.8, 4) is 0 Å². The maximum atomic E-state index is 13.8. The Morgan fingerprint density at radius 2 is 1.67 bits per heavy atom. The molecule has 1 aliphatic carbocycles. The third kappa shape index (κ3) is 7.14. The van der Waals surface area contributed by atoms with Crippen LogP contribution in [-0.2, 0) is 14.3 Å². The van der Waals surface area contributed by atoms with Crippen LogP contribution in [0, 0.1) is 11.3 Å². The Bertz CT molecular complexity index is 1150. The maximum Gasteiger partial charge on any atom is 0.320 e. The molecule has 4 aliphatic heterocycles. The molecule has 5 fully saturated rings. The van der Waals surface area contributed by atoms with Crippen molar-refractivity contribution in [2.75, 3.05) is 46.2 Å². The Morgan fingerprint density at radius 1 is 1.02 bits per heavy atom. The van der Waals surface area contributed by atoms with Crippen LogP contribution in [0.2, 0.25) is 0 Å². The van der Waals surface area contributed by atoms with E-state index in [1.54, 1.807) is 0 Å². The number of piperidine rings is 1. The van der Waals surface area contributed by atoms with Gasteiger partial charge < -0.3 is 24.6 Å². The summed E-state index contributed by atoms with van der Waals surface area (Å²) in [5, 5.41) is 3.25. The molecule has 11 heteroatoms. The van der Waals surface area contributed by atoms with Crippen LogP contribution in [-0.4, -0.2) is 96.4 Å². The molecule has 45 heavy (non-hydrogen) atoms. The van der Waals surface area contributed by atoms with Crippen molar-refractivity contribution in [2.45, 2.75) is 108 Å². The van der Waals surface area contributed by atoms with E-state index in [0.29, 0.717) is 45.2 Å². The number of urea groups is 1. The molecule has 6 rings (SSSR count). The fourth-order valence-corrected chi connectivity index (χ4v) is 8.91. The summed E-state index contributed by atoms with van der Waals surface area (Å²) in [5.41, 5.74) is 0.737. The minimum atomic E-state index is -2.65. The molecular weight excluding hydrogens is 602 g/mol. The van der Waals surface area contributed by atoms with E-state index in [-0.39, 0.29) is 72.9 Å². The van der Waals surface area contributed by atoms with Crippen LogP contribution in [0.4, 0.5) is 13.6 Å². The van der Waals surface area contributed by atoms with E-state index in [4.69, 9.17) is 9.47 Å². The lowest BCUT2D eigenvalue weighted by Gasteiger charge is -2.48. The smallest absolute Gasteiger partial charge is 0.320 e. The standard InChI is InChI=1S/C34H50F2N4O4.ClH/c1-3-32(22-43-24-44-23-32)20-38-21-33(40(4-2)31(38)42)18-27-10-11-28(19-33)39(27)17-14-29(25-8-6-5-7-9-25)37-30(41)26-12-15-34(35,36)16-13-26;/h5-9,26-29H,3-4,10-24H2,1-2H3,(H,37,41);1H/t27?,28?,29-,33?;/m0./s1. The number of nitrogens with zero attached hydrogens (tertiary/aromatic N) is 3. The van der Waals surface area contributed by atoms with E-state index >= 15 is 0 Å². The normalized spacial score (nSPS) is 30.4. The van der Waals surface area contributed by atoms with Gasteiger partial charge in [0.15, 0.2) is 0 Å². The van der Waals surface area contributed by atoms with E-state index in [0.717, 1.165) is 57.2 Å². The number of hydrogen-bond acceptors (Lipinski definition) is 5. The number of halogens is 3. The first-order valence-corrected chi connectivity index (χ1v) is 16.9. The molecule has 2 bridgehead atoms. The second kappa shape index (κ2) is 14.0. The number of amides is 3. The summed E-state index contributed by atoms with van der Waals surface area (Å²) in [6.45, 7) is 8.80. The summed E-state index contributed by atoms with van der Waals surface area (Å²) in [7, 11) is 0. The van der Waals surface area contributed by atoms with Gasteiger partial charge in [0.1, 0.15) is 6.79 Å². The van der Waals surface area contributed by atoms with Gasteiger partial charge in [-0.1, -0.05) is 37.3 Å². The second-order valence-corrected chi connectivity index (χ2v) is 14.2. The molecule has 1 saturated carbocycles. The highest BCUT2D eigenvalue weighted by Gasteiger charge is 2.57. The molecule has 1 aromatic carbocycles. The molecule has 0 aromatic heterocycles. The third-order valence-corrected chi connectivity index (χ3v) is 11.4. The second-order valence-electron chi connectivity index (χ2n) is 14.2. The molecule has 0 radical (unpaired) electrons. The maximum absolute atomic E-state index is 13.8. The van der Waals surface area contributed by atoms with Crippen LogP contribution >= 0.6 is 12.4 Å². The number of likely N-dealkylation sites (N-methyl/N-ethyl adjacent to an activating group) is 1. The molecule has 8 nitrogen and oxygen atoms in total. The first-order valence-electron chi connectivity index (χ1n) is 16.9. The van der Waals surface area contributed by atoms with Gasteiger partial charge in [0.05, 0.1) is 24.8 Å². The fraction of sp³-hybridized carbons (Fsp3) is 0.765. The number of nitrogens with one attached hydrogen (secondary N) is 1. The molecule has 4 heterocycles. The lowest BCUT2D eigenvalue weighted by atomic mass is 9.81. The summed E-state index contributed by atoms with van der Waals surface area (Å²) in [6, 6.07) is 10.8. The molecule has 4 saturated heterocycles. The van der Waals surface area contributed by atoms with Gasteiger partial charge >= 0.3 is 6.03 Å². The van der Waals surface area contributed by atoms with E-state index in [1.165, 1.54) is 0 Å². The lowest BCUT2D eigenvalue weighted by molar-refractivity contribution is -0.169. The minimum absolute atomic E-state index is 0. The lowest BCUT2D eigenvalue weighted by Crippen LogP contribution is -2.58. The Kier molecular flexibility index (Phi) is 10.7. The van der Waals surface area contributed by atoms with E-state index < -0.39 is 5.92 Å². The number of alkyl halides is 2. The van der Waals surface area contributed by atoms with Crippen LogP contribution in [0.15, 0.2) is 30.3 Å². The van der Waals surface area contributed by atoms with Crippen LogP contribution in [0.3, 0.4) is 0 Å². The fourth-order valence-electron chi connectivity index (χ4n) is 8.91. The van der Waals surface area contributed by atoms with Crippen molar-refractivity contribution in [1.82, 2.24) is 20.0 Å². The first-order chi connectivity index (χ1) is 21.2. The van der Waals surface area contributed by atoms with Crippen molar-refractivity contribution in [2.24, 2.45) is 11.3 Å². The summed E-state index contributed by atoms with van der Waals surface area (Å²) < 4.78 is 38.8. The largest absolute Gasteiger partial charge is 0.355 e. The topological polar surface area (TPSA) is 74.4 Å². The number of carbonyl (C=O) groups is 2. The molecule has 5 aliphatic rings. The number of ether oxygens (including phenoxy) is 2. The Morgan fingerprint density at radius 3 is 2.27 bits per heavy atom. The van der Waals surface area contributed by atoms with Crippen molar-refractivity contribution >= 4 is 24.3 Å². The van der Waals surface area contributed by atoms with Crippen molar-refractivity contribution in [3.63, 3.8) is 0 Å². The van der Waals surface area contributed by atoms with Crippen LogP contribution in [0.5, 0.6) is 0 Å².